The molecule has 5 nitrogen and oxygen atoms in total. The number of nitrogen functional groups attached to an aromatic ring is 1. The third kappa shape index (κ3) is 5.91. The molecular formula is C15H25N3O2. The Morgan fingerprint density at radius 3 is 2.65 bits per heavy atom. The van der Waals surface area contributed by atoms with Gasteiger partial charge in [-0.2, -0.15) is 0 Å². The van der Waals surface area contributed by atoms with Gasteiger partial charge in [-0.25, -0.2) is 0 Å². The minimum Gasteiger partial charge on any atom is -0.398 e. The predicted octanol–water partition coefficient (Wildman–Crippen LogP) is 1.76. The molecule has 0 aliphatic heterocycles. The first-order valence-corrected chi connectivity index (χ1v) is 7.14. The van der Waals surface area contributed by atoms with Crippen molar-refractivity contribution in [1.82, 2.24) is 9.88 Å². The zero-order chi connectivity index (χ0) is 15.1. The normalized spacial score (nSPS) is 12.4. The molecule has 112 valence electrons. The Hall–Kier alpha value is -1.78. The Kier molecular flexibility index (Phi) is 6.28. The number of anilines is 1. The molecule has 0 spiro atoms. The number of hydrogen-bond acceptors (Lipinski definition) is 3. The fourth-order valence-corrected chi connectivity index (χ4v) is 2.05. The van der Waals surface area contributed by atoms with Crippen LogP contribution >= 0.6 is 0 Å². The van der Waals surface area contributed by atoms with E-state index >= 15 is 0 Å². The molecule has 1 heterocycles. The fourth-order valence-electron chi connectivity index (χ4n) is 2.05. The standard InChI is InChI=1S/C15H25N3O2/c1-11(2)5-4-6-12(3)17-14(19)10-18-9-13(16)7-8-15(18)20/h7-9,11-12H,4-6,10,16H2,1-3H3,(H,17,19). The van der Waals surface area contributed by atoms with E-state index in [-0.39, 0.29) is 24.1 Å². The molecule has 3 N–H and O–H groups in total. The number of nitrogens with zero attached hydrogens (tertiary/aromatic N) is 1. The largest absolute Gasteiger partial charge is 0.398 e. The Balaban J connectivity index is 2.43. The zero-order valence-electron chi connectivity index (χ0n) is 12.6. The highest BCUT2D eigenvalue weighted by molar-refractivity contribution is 5.76. The molecule has 5 heteroatoms. The van der Waals surface area contributed by atoms with E-state index in [2.05, 4.69) is 19.2 Å². The summed E-state index contributed by atoms with van der Waals surface area (Å²) in [6, 6.07) is 3.03. The molecule has 1 unspecified atom stereocenters. The van der Waals surface area contributed by atoms with Crippen LogP contribution in [-0.4, -0.2) is 16.5 Å². The number of nitrogens with one attached hydrogen (secondary N) is 1. The summed E-state index contributed by atoms with van der Waals surface area (Å²) >= 11 is 0. The van der Waals surface area contributed by atoms with Crippen LogP contribution < -0.4 is 16.6 Å². The number of amides is 1. The van der Waals surface area contributed by atoms with Crippen LogP contribution in [0.25, 0.3) is 0 Å². The predicted molar refractivity (Wildman–Crippen MR) is 81.4 cm³/mol. The maximum absolute atomic E-state index is 11.9. The van der Waals surface area contributed by atoms with Gasteiger partial charge in [0.2, 0.25) is 5.91 Å². The lowest BCUT2D eigenvalue weighted by molar-refractivity contribution is -0.122. The minimum absolute atomic E-state index is 0.0123. The number of rotatable bonds is 7. The van der Waals surface area contributed by atoms with Crippen LogP contribution in [0.2, 0.25) is 0 Å². The Morgan fingerprint density at radius 2 is 2.00 bits per heavy atom. The van der Waals surface area contributed by atoms with Gasteiger partial charge in [0.1, 0.15) is 6.54 Å². The maximum Gasteiger partial charge on any atom is 0.251 e. The van der Waals surface area contributed by atoms with Gasteiger partial charge < -0.3 is 15.6 Å². The highest BCUT2D eigenvalue weighted by Crippen LogP contribution is 2.08. The summed E-state index contributed by atoms with van der Waals surface area (Å²) in [6.07, 6.45) is 4.70. The van der Waals surface area contributed by atoms with E-state index in [4.69, 9.17) is 5.73 Å². The molecule has 20 heavy (non-hydrogen) atoms. The lowest BCUT2D eigenvalue weighted by atomic mass is 10.0. The average Bonchev–Trinajstić information content (AvgIpc) is 2.33. The van der Waals surface area contributed by atoms with Crippen molar-refractivity contribution in [3.05, 3.63) is 28.7 Å². The van der Waals surface area contributed by atoms with Crippen molar-refractivity contribution in [3.8, 4) is 0 Å². The van der Waals surface area contributed by atoms with Gasteiger partial charge in [0.05, 0.1) is 0 Å². The molecule has 0 saturated carbocycles. The van der Waals surface area contributed by atoms with Gasteiger partial charge >= 0.3 is 0 Å². The SMILES string of the molecule is CC(C)CCCC(C)NC(=O)Cn1cc(N)ccc1=O. The molecule has 1 aromatic heterocycles. The molecule has 1 aromatic rings. The number of pyridine rings is 1. The average molecular weight is 279 g/mol. The quantitative estimate of drug-likeness (QED) is 0.798. The number of carbonyl (C=O) groups excluding carboxylic acids is 1. The number of hydrogen-bond donors (Lipinski definition) is 2. The number of nitrogens with two attached hydrogens (primary N) is 1. The molecule has 0 aliphatic carbocycles. The minimum atomic E-state index is -0.221. The Labute approximate surface area is 120 Å². The van der Waals surface area contributed by atoms with Crippen LogP contribution in [0.4, 0.5) is 5.69 Å². The third-order valence-corrected chi connectivity index (χ3v) is 3.15. The van der Waals surface area contributed by atoms with Gasteiger partial charge in [-0.3, -0.25) is 9.59 Å². The van der Waals surface area contributed by atoms with Crippen LogP contribution in [0, 0.1) is 5.92 Å². The van der Waals surface area contributed by atoms with E-state index in [1.165, 1.54) is 22.9 Å². The lowest BCUT2D eigenvalue weighted by Gasteiger charge is -2.15. The Bertz CT molecular complexity index is 494. The second kappa shape index (κ2) is 7.72. The molecule has 1 amide bonds. The van der Waals surface area contributed by atoms with Crippen molar-refractivity contribution in [2.45, 2.75) is 52.6 Å². The zero-order valence-corrected chi connectivity index (χ0v) is 12.6. The molecule has 1 rings (SSSR count). The molecule has 0 radical (unpaired) electrons. The van der Waals surface area contributed by atoms with Crippen molar-refractivity contribution in [2.24, 2.45) is 5.92 Å². The van der Waals surface area contributed by atoms with E-state index in [9.17, 15) is 9.59 Å². The molecule has 0 bridgehead atoms. The smallest absolute Gasteiger partial charge is 0.251 e. The lowest BCUT2D eigenvalue weighted by Crippen LogP contribution is -2.37. The van der Waals surface area contributed by atoms with Crippen LogP contribution in [0.1, 0.15) is 40.0 Å². The summed E-state index contributed by atoms with van der Waals surface area (Å²) in [5.74, 6) is 0.526. The first kappa shape index (κ1) is 16.3. The van der Waals surface area contributed by atoms with Crippen molar-refractivity contribution >= 4 is 11.6 Å². The first-order valence-electron chi connectivity index (χ1n) is 7.14. The molecule has 0 aromatic carbocycles. The summed E-state index contributed by atoms with van der Waals surface area (Å²) in [4.78, 5) is 23.4. The highest BCUT2D eigenvalue weighted by Gasteiger charge is 2.09. The van der Waals surface area contributed by atoms with E-state index in [0.29, 0.717) is 11.6 Å². The second-order valence-corrected chi connectivity index (χ2v) is 5.72. The maximum atomic E-state index is 11.9. The molecule has 0 saturated heterocycles. The van der Waals surface area contributed by atoms with Crippen molar-refractivity contribution in [1.29, 1.82) is 0 Å². The van der Waals surface area contributed by atoms with Crippen LogP contribution in [0.15, 0.2) is 23.1 Å². The number of aromatic nitrogens is 1. The van der Waals surface area contributed by atoms with Gasteiger partial charge in [0.25, 0.3) is 5.56 Å². The van der Waals surface area contributed by atoms with Crippen molar-refractivity contribution in [2.75, 3.05) is 5.73 Å². The van der Waals surface area contributed by atoms with Crippen LogP contribution in [0.3, 0.4) is 0 Å². The summed E-state index contributed by atoms with van der Waals surface area (Å²) in [6.45, 7) is 6.38. The Morgan fingerprint density at radius 1 is 1.30 bits per heavy atom. The van der Waals surface area contributed by atoms with E-state index < -0.39 is 0 Å². The molecule has 1 atom stereocenters. The monoisotopic (exact) mass is 279 g/mol. The van der Waals surface area contributed by atoms with Gasteiger partial charge in [-0.15, -0.1) is 0 Å². The van der Waals surface area contributed by atoms with Crippen molar-refractivity contribution in [3.63, 3.8) is 0 Å². The van der Waals surface area contributed by atoms with Gasteiger partial charge in [0, 0.05) is 24.0 Å². The topological polar surface area (TPSA) is 77.1 Å². The fraction of sp³-hybridized carbons (Fsp3) is 0.600. The van der Waals surface area contributed by atoms with Gasteiger partial charge in [-0.1, -0.05) is 26.7 Å². The number of carbonyl (C=O) groups is 1. The molecular weight excluding hydrogens is 254 g/mol. The third-order valence-electron chi connectivity index (χ3n) is 3.15. The van der Waals surface area contributed by atoms with E-state index in [0.717, 1.165) is 19.3 Å². The van der Waals surface area contributed by atoms with Gasteiger partial charge in [0.15, 0.2) is 0 Å². The second-order valence-electron chi connectivity index (χ2n) is 5.72. The van der Waals surface area contributed by atoms with Crippen LogP contribution in [-0.2, 0) is 11.3 Å². The highest BCUT2D eigenvalue weighted by atomic mass is 16.2. The first-order chi connectivity index (χ1) is 9.38. The van der Waals surface area contributed by atoms with Gasteiger partial charge in [-0.05, 0) is 25.3 Å². The van der Waals surface area contributed by atoms with Crippen LogP contribution in [0.5, 0.6) is 0 Å². The van der Waals surface area contributed by atoms with Crippen molar-refractivity contribution < 1.29 is 4.79 Å². The summed E-state index contributed by atoms with van der Waals surface area (Å²) in [5.41, 5.74) is 5.86. The summed E-state index contributed by atoms with van der Waals surface area (Å²) in [5, 5.41) is 2.91. The summed E-state index contributed by atoms with van der Waals surface area (Å²) in [7, 11) is 0. The summed E-state index contributed by atoms with van der Waals surface area (Å²) < 4.78 is 1.32. The molecule has 0 aliphatic rings. The van der Waals surface area contributed by atoms with E-state index in [1.807, 2.05) is 6.92 Å². The molecule has 0 fully saturated rings. The van der Waals surface area contributed by atoms with E-state index in [1.54, 1.807) is 0 Å².